The summed E-state index contributed by atoms with van der Waals surface area (Å²) in [6.45, 7) is 0. The van der Waals surface area contributed by atoms with Gasteiger partial charge in [-0.2, -0.15) is 0 Å². The quantitative estimate of drug-likeness (QED) is 0.227. The molecule has 4 nitrogen and oxygen atoms in total. The van der Waals surface area contributed by atoms with Gasteiger partial charge in [-0.05, 0) is 59.7 Å². The number of amides is 1. The molecule has 1 saturated heterocycles. The maximum Gasteiger partial charge on any atom is 0.250 e. The second-order valence-electron chi connectivity index (χ2n) is 9.38. The van der Waals surface area contributed by atoms with Crippen LogP contribution in [0, 0.1) is 5.92 Å². The molecule has 2 N–H and O–H groups in total. The number of benzene rings is 4. The molecular formula is C30H21Br2ClN2O2. The van der Waals surface area contributed by atoms with Crippen molar-refractivity contribution < 1.29 is 9.59 Å². The topological polar surface area (TPSA) is 58.2 Å². The molecule has 2 heterocycles. The molecule has 4 aromatic rings. The fourth-order valence-corrected chi connectivity index (χ4v) is 6.88. The molecule has 1 fully saturated rings. The highest BCUT2D eigenvalue weighted by Gasteiger charge is 2.64. The molecule has 2 aliphatic heterocycles. The number of ketones is 1. The van der Waals surface area contributed by atoms with Crippen LogP contribution in [0.15, 0.2) is 106 Å². The Balaban J connectivity index is 1.65. The number of anilines is 1. The number of fused-ring (bicyclic) bond motifs is 2. The maximum atomic E-state index is 14.5. The van der Waals surface area contributed by atoms with Crippen molar-refractivity contribution in [1.82, 2.24) is 5.32 Å². The van der Waals surface area contributed by atoms with Crippen LogP contribution in [0.25, 0.3) is 0 Å². The standard InChI is InChI=1S/C30H21Br2ClN2O2/c31-19-12-15-24-22(16-19)30(29(37)34-24)26(28(36)18-10-13-20(33)14-11-18)25(21-8-4-5-9-23(21)32)27(35-30)17-6-2-1-3-7-17/h1-16,25-27,35H,(H,34,37)/t25-,26?,27+,30?/m0/s1. The van der Waals surface area contributed by atoms with Crippen molar-refractivity contribution in [3.63, 3.8) is 0 Å². The predicted molar refractivity (Wildman–Crippen MR) is 153 cm³/mol. The van der Waals surface area contributed by atoms with E-state index in [-0.39, 0.29) is 23.7 Å². The Morgan fingerprint density at radius 3 is 2.30 bits per heavy atom. The molecule has 0 saturated carbocycles. The number of carbonyl (C=O) groups is 2. The SMILES string of the molecule is O=C(c1ccc(Cl)cc1)C1[C@H](c2ccccc2Br)[C@@H](c2ccccc2)NC12C(=O)Nc1ccc(Br)cc12. The van der Waals surface area contributed by atoms with Crippen LogP contribution < -0.4 is 10.6 Å². The summed E-state index contributed by atoms with van der Waals surface area (Å²) in [5.74, 6) is -1.44. The molecule has 4 atom stereocenters. The first-order valence-corrected chi connectivity index (χ1v) is 13.8. The molecule has 4 aromatic carbocycles. The Morgan fingerprint density at radius 2 is 1.57 bits per heavy atom. The van der Waals surface area contributed by atoms with Gasteiger partial charge < -0.3 is 5.32 Å². The molecule has 184 valence electrons. The zero-order valence-corrected chi connectivity index (χ0v) is 23.3. The number of halogens is 3. The van der Waals surface area contributed by atoms with Gasteiger partial charge in [0, 0.05) is 42.7 Å². The molecule has 7 heteroatoms. The summed E-state index contributed by atoms with van der Waals surface area (Å²) in [7, 11) is 0. The lowest BCUT2D eigenvalue weighted by atomic mass is 9.69. The Labute approximate surface area is 236 Å². The van der Waals surface area contributed by atoms with E-state index in [1.807, 2.05) is 72.8 Å². The van der Waals surface area contributed by atoms with Crippen LogP contribution in [0.3, 0.4) is 0 Å². The zero-order valence-electron chi connectivity index (χ0n) is 19.4. The second kappa shape index (κ2) is 9.52. The van der Waals surface area contributed by atoms with Crippen LogP contribution in [-0.4, -0.2) is 11.7 Å². The minimum absolute atomic E-state index is 0.119. The van der Waals surface area contributed by atoms with E-state index in [4.69, 9.17) is 11.6 Å². The third-order valence-electron chi connectivity index (χ3n) is 7.41. The lowest BCUT2D eigenvalue weighted by molar-refractivity contribution is -0.122. The van der Waals surface area contributed by atoms with E-state index in [2.05, 4.69) is 42.5 Å². The van der Waals surface area contributed by atoms with E-state index in [1.165, 1.54) is 0 Å². The van der Waals surface area contributed by atoms with Crippen molar-refractivity contribution in [2.45, 2.75) is 17.5 Å². The Kier molecular flexibility index (Phi) is 6.32. The van der Waals surface area contributed by atoms with Crippen LogP contribution in [0.4, 0.5) is 5.69 Å². The Bertz CT molecular complexity index is 1530. The Morgan fingerprint density at radius 1 is 0.865 bits per heavy atom. The molecule has 6 rings (SSSR count). The zero-order chi connectivity index (χ0) is 25.7. The molecule has 1 amide bonds. The molecule has 2 aliphatic rings. The van der Waals surface area contributed by atoms with Crippen molar-refractivity contribution in [2.75, 3.05) is 5.32 Å². The first kappa shape index (κ1) is 24.6. The smallest absolute Gasteiger partial charge is 0.250 e. The highest BCUT2D eigenvalue weighted by Crippen LogP contribution is 2.58. The molecular weight excluding hydrogens is 616 g/mol. The summed E-state index contributed by atoms with van der Waals surface area (Å²) < 4.78 is 1.73. The monoisotopic (exact) mass is 634 g/mol. The van der Waals surface area contributed by atoms with Gasteiger partial charge in [0.05, 0.1) is 5.92 Å². The van der Waals surface area contributed by atoms with Crippen molar-refractivity contribution in [1.29, 1.82) is 0 Å². The highest BCUT2D eigenvalue weighted by molar-refractivity contribution is 9.10. The number of hydrogen-bond donors (Lipinski definition) is 2. The molecule has 0 aliphatic carbocycles. The lowest BCUT2D eigenvalue weighted by Gasteiger charge is -2.31. The molecule has 37 heavy (non-hydrogen) atoms. The first-order valence-electron chi connectivity index (χ1n) is 11.9. The third kappa shape index (κ3) is 3.98. The fraction of sp³-hybridized carbons (Fsp3) is 0.133. The number of Topliss-reactive ketones (excluding diaryl/α,β-unsaturated/α-hetero) is 1. The van der Waals surface area contributed by atoms with E-state index >= 15 is 0 Å². The van der Waals surface area contributed by atoms with Crippen LogP contribution >= 0.6 is 43.5 Å². The van der Waals surface area contributed by atoms with Gasteiger partial charge in [0.2, 0.25) is 5.91 Å². The largest absolute Gasteiger partial charge is 0.324 e. The van der Waals surface area contributed by atoms with E-state index in [0.29, 0.717) is 16.3 Å². The van der Waals surface area contributed by atoms with Gasteiger partial charge in [-0.1, -0.05) is 92.0 Å². The molecule has 0 radical (unpaired) electrons. The van der Waals surface area contributed by atoms with Crippen LogP contribution in [0.1, 0.15) is 39.0 Å². The fourth-order valence-electron chi connectivity index (χ4n) is 5.84. The van der Waals surface area contributed by atoms with E-state index in [1.54, 1.807) is 24.3 Å². The minimum Gasteiger partial charge on any atom is -0.324 e. The van der Waals surface area contributed by atoms with Gasteiger partial charge >= 0.3 is 0 Å². The van der Waals surface area contributed by atoms with Gasteiger partial charge in [-0.15, -0.1) is 0 Å². The highest BCUT2D eigenvalue weighted by atomic mass is 79.9. The first-order chi connectivity index (χ1) is 17.9. The summed E-state index contributed by atoms with van der Waals surface area (Å²) in [5.41, 5.74) is 2.66. The third-order valence-corrected chi connectivity index (χ3v) is 8.88. The minimum atomic E-state index is -1.28. The number of nitrogens with one attached hydrogen (secondary N) is 2. The van der Waals surface area contributed by atoms with Gasteiger partial charge in [0.25, 0.3) is 0 Å². The van der Waals surface area contributed by atoms with Gasteiger partial charge in [0.1, 0.15) is 5.54 Å². The Hall–Kier alpha value is -2.77. The number of hydrogen-bond acceptors (Lipinski definition) is 3. The van der Waals surface area contributed by atoms with Gasteiger partial charge in [-0.3, -0.25) is 14.9 Å². The predicted octanol–water partition coefficient (Wildman–Crippen LogP) is 7.64. The summed E-state index contributed by atoms with van der Waals surface area (Å²) in [5, 5.41) is 7.31. The van der Waals surface area contributed by atoms with Crippen molar-refractivity contribution in [3.8, 4) is 0 Å². The van der Waals surface area contributed by atoms with Crippen LogP contribution in [-0.2, 0) is 10.3 Å². The van der Waals surface area contributed by atoms with Crippen LogP contribution in [0.2, 0.25) is 5.02 Å². The average molecular weight is 637 g/mol. The van der Waals surface area contributed by atoms with Gasteiger partial charge in [-0.25, -0.2) is 0 Å². The summed E-state index contributed by atoms with van der Waals surface area (Å²) in [6.07, 6.45) is 0. The van der Waals surface area contributed by atoms with Crippen molar-refractivity contribution in [3.05, 3.63) is 133 Å². The average Bonchev–Trinajstić information content (AvgIpc) is 3.40. The number of carbonyl (C=O) groups excluding carboxylic acids is 2. The van der Waals surface area contributed by atoms with Crippen molar-refractivity contribution >= 4 is 60.8 Å². The summed E-state index contributed by atoms with van der Waals surface area (Å²) >= 11 is 13.5. The molecule has 1 spiro atoms. The summed E-state index contributed by atoms with van der Waals surface area (Å²) in [4.78, 5) is 28.6. The molecule has 2 unspecified atom stereocenters. The van der Waals surface area contributed by atoms with E-state index < -0.39 is 11.5 Å². The second-order valence-corrected chi connectivity index (χ2v) is 11.6. The van der Waals surface area contributed by atoms with Gasteiger partial charge in [0.15, 0.2) is 5.78 Å². The maximum absolute atomic E-state index is 14.5. The van der Waals surface area contributed by atoms with Crippen molar-refractivity contribution in [2.24, 2.45) is 5.92 Å². The summed E-state index contributed by atoms with van der Waals surface area (Å²) in [6, 6.07) is 30.2. The van der Waals surface area contributed by atoms with E-state index in [9.17, 15) is 9.59 Å². The van der Waals surface area contributed by atoms with Crippen LogP contribution in [0.5, 0.6) is 0 Å². The van der Waals surface area contributed by atoms with E-state index in [0.717, 1.165) is 25.6 Å². The lowest BCUT2D eigenvalue weighted by Crippen LogP contribution is -2.50. The normalized spacial score (nSPS) is 24.2. The number of rotatable bonds is 4. The molecule has 0 bridgehead atoms. The molecule has 0 aromatic heterocycles.